The number of aromatic nitrogens is 2. The second kappa shape index (κ2) is 9.48. The number of carboxylic acid groups (broad SMARTS) is 1. The van der Waals surface area contributed by atoms with Crippen LogP contribution in [-0.4, -0.2) is 66.1 Å². The van der Waals surface area contributed by atoms with Crippen molar-refractivity contribution in [3.8, 4) is 0 Å². The molecule has 0 radical (unpaired) electrons. The van der Waals surface area contributed by atoms with E-state index in [2.05, 4.69) is 14.8 Å². The summed E-state index contributed by atoms with van der Waals surface area (Å²) in [5.74, 6) is 0. The van der Waals surface area contributed by atoms with Crippen molar-refractivity contribution in [1.29, 1.82) is 0 Å². The molecule has 0 spiro atoms. The molecule has 2 aromatic heterocycles. The number of pyridine rings is 1. The molecule has 0 aliphatic carbocycles. The topological polar surface area (TPSA) is 95.7 Å². The van der Waals surface area contributed by atoms with Crippen LogP contribution in [0.3, 0.4) is 0 Å². The van der Waals surface area contributed by atoms with Gasteiger partial charge in [0.15, 0.2) is 0 Å². The summed E-state index contributed by atoms with van der Waals surface area (Å²) in [5.41, 5.74) is 2.22. The van der Waals surface area contributed by atoms with Crippen molar-refractivity contribution in [3.63, 3.8) is 0 Å². The van der Waals surface area contributed by atoms with Crippen LogP contribution in [0.25, 0.3) is 11.0 Å². The van der Waals surface area contributed by atoms with Crippen LogP contribution in [0.2, 0.25) is 5.02 Å². The zero-order chi connectivity index (χ0) is 22.7. The second-order valence-electron chi connectivity index (χ2n) is 7.88. The number of carbonyl (C=O) groups is 1. The fraction of sp³-hybridized carbons (Fsp3) is 0.364. The fourth-order valence-electron chi connectivity index (χ4n) is 4.54. The summed E-state index contributed by atoms with van der Waals surface area (Å²) in [6.07, 6.45) is 7.20. The van der Waals surface area contributed by atoms with E-state index in [9.17, 15) is 8.42 Å². The van der Waals surface area contributed by atoms with Crippen molar-refractivity contribution < 1.29 is 18.3 Å². The first-order valence-electron chi connectivity index (χ1n) is 10.5. The predicted octanol–water partition coefficient (Wildman–Crippen LogP) is 3.30. The van der Waals surface area contributed by atoms with Crippen LogP contribution in [0.4, 0.5) is 5.69 Å². The quantitative estimate of drug-likeness (QED) is 0.579. The lowest BCUT2D eigenvalue weighted by molar-refractivity contribution is -0.122. The average Bonchev–Trinajstić information content (AvgIpc) is 3.20. The van der Waals surface area contributed by atoms with Gasteiger partial charge >= 0.3 is 0 Å². The molecule has 0 amide bonds. The van der Waals surface area contributed by atoms with Crippen LogP contribution >= 0.6 is 11.6 Å². The van der Waals surface area contributed by atoms with E-state index < -0.39 is 10.0 Å². The van der Waals surface area contributed by atoms with Gasteiger partial charge in [-0.15, -0.1) is 0 Å². The number of nitrogens with zero attached hydrogens (tertiary/aromatic N) is 4. The first-order chi connectivity index (χ1) is 15.5. The molecule has 8 nitrogen and oxygen atoms in total. The monoisotopic (exact) mass is 476 g/mol. The highest BCUT2D eigenvalue weighted by molar-refractivity contribution is 7.90. The smallest absolute Gasteiger partial charge is 0.290 e. The highest BCUT2D eigenvalue weighted by Crippen LogP contribution is 2.33. The van der Waals surface area contributed by atoms with Gasteiger partial charge in [-0.25, -0.2) is 12.4 Å². The second-order valence-corrected chi connectivity index (χ2v) is 10.1. The lowest BCUT2D eigenvalue weighted by Crippen LogP contribution is -2.54. The van der Waals surface area contributed by atoms with Crippen LogP contribution < -0.4 is 4.90 Å². The Bertz CT molecular complexity index is 1200. The van der Waals surface area contributed by atoms with Gasteiger partial charge < -0.3 is 10.0 Å². The van der Waals surface area contributed by atoms with Crippen LogP contribution in [0.5, 0.6) is 0 Å². The molecular formula is C22H25ClN4O4S. The van der Waals surface area contributed by atoms with Gasteiger partial charge in [-0.3, -0.25) is 14.7 Å². The molecule has 2 fully saturated rings. The Morgan fingerprint density at radius 2 is 1.84 bits per heavy atom. The Hall–Kier alpha value is -2.62. The Kier molecular flexibility index (Phi) is 6.68. The Morgan fingerprint density at radius 1 is 1.09 bits per heavy atom. The number of rotatable bonds is 3. The summed E-state index contributed by atoms with van der Waals surface area (Å²) in [6, 6.07) is 10.4. The molecule has 0 bridgehead atoms. The molecule has 0 saturated carbocycles. The molecule has 1 unspecified atom stereocenters. The summed E-state index contributed by atoms with van der Waals surface area (Å²) in [4.78, 5) is 18.0. The van der Waals surface area contributed by atoms with Crippen molar-refractivity contribution in [1.82, 2.24) is 13.9 Å². The van der Waals surface area contributed by atoms with Gasteiger partial charge in [0, 0.05) is 43.1 Å². The van der Waals surface area contributed by atoms with E-state index in [0.717, 1.165) is 30.8 Å². The summed E-state index contributed by atoms with van der Waals surface area (Å²) in [6.45, 7) is 3.72. The molecule has 32 heavy (non-hydrogen) atoms. The van der Waals surface area contributed by atoms with E-state index >= 15 is 0 Å². The molecule has 1 aromatic carbocycles. The number of halogens is 1. The maximum Gasteiger partial charge on any atom is 0.290 e. The summed E-state index contributed by atoms with van der Waals surface area (Å²) >= 11 is 5.94. The number of anilines is 1. The van der Waals surface area contributed by atoms with Gasteiger partial charge in [0.2, 0.25) is 0 Å². The number of hydrogen-bond acceptors (Lipinski definition) is 6. The van der Waals surface area contributed by atoms with E-state index in [0.29, 0.717) is 16.6 Å². The molecule has 2 aliphatic heterocycles. The third kappa shape index (κ3) is 4.32. The predicted molar refractivity (Wildman–Crippen MR) is 124 cm³/mol. The molecule has 1 N–H and O–H groups in total. The van der Waals surface area contributed by atoms with E-state index in [-0.39, 0.29) is 11.4 Å². The van der Waals surface area contributed by atoms with Crippen molar-refractivity contribution in [2.45, 2.75) is 30.2 Å². The molecule has 3 aromatic rings. The van der Waals surface area contributed by atoms with E-state index in [1.54, 1.807) is 42.7 Å². The molecule has 1 atom stereocenters. The SMILES string of the molecule is O=CO.O=S(=O)(c1ccc(Cl)cc1)n1cc(N2CCN3CCCCC3C2)c2ncccc21. The number of piperidine rings is 1. The molecule has 10 heteroatoms. The third-order valence-corrected chi connectivity index (χ3v) is 7.99. The van der Waals surface area contributed by atoms with Crippen LogP contribution in [-0.2, 0) is 14.8 Å². The van der Waals surface area contributed by atoms with Gasteiger partial charge in [-0.2, -0.15) is 0 Å². The molecule has 2 saturated heterocycles. The van der Waals surface area contributed by atoms with Crippen molar-refractivity contribution in [2.75, 3.05) is 31.1 Å². The normalized spacial score (nSPS) is 19.2. The van der Waals surface area contributed by atoms with Crippen molar-refractivity contribution in [2.24, 2.45) is 0 Å². The number of fused-ring (bicyclic) bond motifs is 2. The molecule has 2 aliphatic rings. The summed E-state index contributed by atoms with van der Waals surface area (Å²) in [7, 11) is -3.74. The molecule has 5 rings (SSSR count). The van der Waals surface area contributed by atoms with Gasteiger partial charge in [0.05, 0.1) is 16.1 Å². The average molecular weight is 477 g/mol. The molecule has 4 heterocycles. The first kappa shape index (κ1) is 22.6. The standard InChI is InChI=1S/C21H23ClN4O2S.CH2O2/c22-16-6-8-18(9-7-16)29(27,28)26-15-20(21-19(26)5-3-10-23-21)25-13-12-24-11-2-1-4-17(24)14-25;2-1-3/h3,5-10,15,17H,1-2,4,11-14H2;1H,(H,2,3). The van der Waals surface area contributed by atoms with E-state index in [1.807, 2.05) is 6.07 Å². The lowest BCUT2D eigenvalue weighted by atomic mass is 9.99. The number of benzene rings is 1. The largest absolute Gasteiger partial charge is 0.483 e. The highest BCUT2D eigenvalue weighted by atomic mass is 35.5. The van der Waals surface area contributed by atoms with Gasteiger partial charge in [0.25, 0.3) is 16.5 Å². The molecule has 170 valence electrons. The summed E-state index contributed by atoms with van der Waals surface area (Å²) in [5, 5.41) is 7.40. The molecular weight excluding hydrogens is 452 g/mol. The van der Waals surface area contributed by atoms with E-state index in [4.69, 9.17) is 21.5 Å². The van der Waals surface area contributed by atoms with Crippen molar-refractivity contribution in [3.05, 3.63) is 53.8 Å². The van der Waals surface area contributed by atoms with Gasteiger partial charge in [-0.1, -0.05) is 18.0 Å². The third-order valence-electron chi connectivity index (χ3n) is 6.05. The summed E-state index contributed by atoms with van der Waals surface area (Å²) < 4.78 is 28.1. The minimum Gasteiger partial charge on any atom is -0.483 e. The van der Waals surface area contributed by atoms with E-state index in [1.165, 1.54) is 29.8 Å². The van der Waals surface area contributed by atoms with Crippen LogP contribution in [0.1, 0.15) is 19.3 Å². The lowest BCUT2D eigenvalue weighted by Gasteiger charge is -2.44. The van der Waals surface area contributed by atoms with Gasteiger partial charge in [0.1, 0.15) is 5.52 Å². The number of hydrogen-bond donors (Lipinski definition) is 1. The maximum absolute atomic E-state index is 13.3. The fourth-order valence-corrected chi connectivity index (χ4v) is 6.02. The minimum absolute atomic E-state index is 0.214. The zero-order valence-electron chi connectivity index (χ0n) is 17.5. The van der Waals surface area contributed by atoms with Crippen LogP contribution in [0.15, 0.2) is 53.7 Å². The van der Waals surface area contributed by atoms with Crippen LogP contribution in [0, 0.1) is 0 Å². The number of piperazine rings is 1. The Labute approximate surface area is 192 Å². The Morgan fingerprint density at radius 3 is 2.59 bits per heavy atom. The zero-order valence-corrected chi connectivity index (χ0v) is 19.0. The maximum atomic E-state index is 13.3. The first-order valence-corrected chi connectivity index (χ1v) is 12.3. The highest BCUT2D eigenvalue weighted by Gasteiger charge is 2.31. The van der Waals surface area contributed by atoms with Gasteiger partial charge in [-0.05, 0) is 55.8 Å². The minimum atomic E-state index is -3.74. The van der Waals surface area contributed by atoms with Crippen molar-refractivity contribution >= 4 is 44.8 Å². The Balaban J connectivity index is 0.000000775.